The number of amides is 12. The van der Waals surface area contributed by atoms with Gasteiger partial charge in [0.05, 0.1) is 0 Å². The summed E-state index contributed by atoms with van der Waals surface area (Å²) in [6.45, 7) is 0. The minimum atomic E-state index is -0.938. The van der Waals surface area contributed by atoms with Crippen LogP contribution in [0, 0.1) is 0 Å². The first-order chi connectivity index (χ1) is 11.3. The summed E-state index contributed by atoms with van der Waals surface area (Å²) in [6.07, 6.45) is 0. The van der Waals surface area contributed by atoms with E-state index in [1.807, 2.05) is 0 Å². The molecule has 0 heterocycles. The maximum atomic E-state index is 10.5. The maximum absolute atomic E-state index is 10.5. The van der Waals surface area contributed by atoms with E-state index < -0.39 is 36.2 Å². The van der Waals surface area contributed by atoms with E-state index in [2.05, 4.69) is 22.1 Å². The number of hydrogen-bond acceptors (Lipinski definition) is 6. The molecule has 0 aliphatic heterocycles. The van der Waals surface area contributed by atoms with Gasteiger partial charge in [-0.3, -0.25) is 5.32 Å². The molecule has 0 fully saturated rings. The SMILES string of the molecule is CNC(=O)N(C)C(N)=O.CNC(=O)N(C)C(N)=O.NC(=O)NC(N)=O. The van der Waals surface area contributed by atoms with Gasteiger partial charge in [-0.05, 0) is 0 Å². The van der Waals surface area contributed by atoms with Crippen LogP contribution >= 0.6 is 0 Å². The molecule has 0 aromatic rings. The smallest absolute Gasteiger partial charge is 0.325 e. The predicted molar refractivity (Wildman–Crippen MR) is 85.9 cm³/mol. The zero-order chi connectivity index (χ0) is 20.7. The van der Waals surface area contributed by atoms with E-state index in [-0.39, 0.29) is 0 Å². The lowest BCUT2D eigenvalue weighted by Crippen LogP contribution is -2.42. The molecule has 12 amide bonds. The van der Waals surface area contributed by atoms with Crippen molar-refractivity contribution in [2.24, 2.45) is 22.9 Å². The first kappa shape index (κ1) is 26.1. The van der Waals surface area contributed by atoms with Gasteiger partial charge in [0.15, 0.2) is 0 Å². The zero-order valence-corrected chi connectivity index (χ0v) is 14.2. The van der Waals surface area contributed by atoms with Crippen molar-refractivity contribution in [3.63, 3.8) is 0 Å². The van der Waals surface area contributed by atoms with Gasteiger partial charge in [-0.1, -0.05) is 0 Å². The van der Waals surface area contributed by atoms with Crippen LogP contribution in [0.3, 0.4) is 0 Å². The molecular weight excluding hydrogens is 342 g/mol. The summed E-state index contributed by atoms with van der Waals surface area (Å²) in [5.74, 6) is 0. The number of carbonyl (C=O) groups excluding carboxylic acids is 6. The monoisotopic (exact) mass is 365 g/mol. The Kier molecular flexibility index (Phi) is 14.5. The lowest BCUT2D eigenvalue weighted by atomic mass is 10.7. The van der Waals surface area contributed by atoms with Gasteiger partial charge in [0.2, 0.25) is 0 Å². The number of imide groups is 3. The lowest BCUT2D eigenvalue weighted by molar-refractivity contribution is 0.200. The second kappa shape index (κ2) is 13.9. The number of carbonyl (C=O) groups is 6. The standard InChI is InChI=1S/2C4H9N3O2.C2H5N3O2/c2*1-6-4(9)7(2)3(5)8;3-1(6)5-2(4)7/h2*1-2H3,(H2,5,8)(H,6,9);(H5,3,4,5,6,7). The van der Waals surface area contributed by atoms with Crippen LogP contribution in [-0.4, -0.2) is 74.2 Å². The first-order valence-electron chi connectivity index (χ1n) is 6.17. The largest absolute Gasteiger partial charge is 0.351 e. The van der Waals surface area contributed by atoms with Gasteiger partial charge in [-0.15, -0.1) is 0 Å². The van der Waals surface area contributed by atoms with Crippen LogP contribution in [0.1, 0.15) is 0 Å². The highest BCUT2D eigenvalue weighted by atomic mass is 16.2. The van der Waals surface area contributed by atoms with E-state index in [0.29, 0.717) is 0 Å². The molecule has 0 aromatic heterocycles. The maximum Gasteiger partial charge on any atom is 0.325 e. The van der Waals surface area contributed by atoms with Crippen LogP contribution in [0.4, 0.5) is 28.8 Å². The minimum Gasteiger partial charge on any atom is -0.351 e. The predicted octanol–water partition coefficient (Wildman–Crippen LogP) is -2.59. The quantitative estimate of drug-likeness (QED) is 0.242. The second-order valence-corrected chi connectivity index (χ2v) is 3.76. The van der Waals surface area contributed by atoms with Gasteiger partial charge in [-0.25, -0.2) is 38.6 Å². The Morgan fingerprint density at radius 1 is 0.640 bits per heavy atom. The van der Waals surface area contributed by atoms with E-state index in [4.69, 9.17) is 11.5 Å². The number of hydrogen-bond donors (Lipinski definition) is 7. The third kappa shape index (κ3) is 16.4. The molecular formula is C10H23N9O6. The fourth-order valence-electron chi connectivity index (χ4n) is 0.657. The summed E-state index contributed by atoms with van der Waals surface area (Å²) in [6, 6.07) is -4.44. The van der Waals surface area contributed by atoms with Gasteiger partial charge in [0, 0.05) is 28.2 Å². The Bertz CT molecular complexity index is 465. The summed E-state index contributed by atoms with van der Waals surface area (Å²) in [5, 5.41) is 6.05. The number of nitrogens with two attached hydrogens (primary N) is 4. The van der Waals surface area contributed by atoms with Gasteiger partial charge < -0.3 is 33.6 Å². The van der Waals surface area contributed by atoms with E-state index in [1.165, 1.54) is 28.2 Å². The third-order valence-corrected chi connectivity index (χ3v) is 1.94. The van der Waals surface area contributed by atoms with E-state index in [1.54, 1.807) is 5.32 Å². The molecule has 0 aliphatic carbocycles. The molecule has 0 saturated heterocycles. The lowest BCUT2D eigenvalue weighted by Gasteiger charge is -2.09. The molecule has 11 N–H and O–H groups in total. The Morgan fingerprint density at radius 2 is 0.880 bits per heavy atom. The molecule has 144 valence electrons. The van der Waals surface area contributed by atoms with Crippen molar-refractivity contribution in [2.45, 2.75) is 0 Å². The second-order valence-electron chi connectivity index (χ2n) is 3.76. The number of urea groups is 6. The summed E-state index contributed by atoms with van der Waals surface area (Å²) in [7, 11) is 5.42. The topological polar surface area (TPSA) is 249 Å². The van der Waals surface area contributed by atoms with Crippen LogP contribution in [0.15, 0.2) is 0 Å². The van der Waals surface area contributed by atoms with Crippen molar-refractivity contribution in [2.75, 3.05) is 28.2 Å². The number of primary amides is 4. The molecule has 15 heteroatoms. The minimum absolute atomic E-state index is 0.512. The average molecular weight is 365 g/mol. The van der Waals surface area contributed by atoms with Crippen LogP contribution in [0.2, 0.25) is 0 Å². The van der Waals surface area contributed by atoms with Crippen LogP contribution in [0.5, 0.6) is 0 Å². The van der Waals surface area contributed by atoms with Crippen molar-refractivity contribution in [1.82, 2.24) is 25.8 Å². The van der Waals surface area contributed by atoms with Crippen molar-refractivity contribution >= 4 is 36.2 Å². The van der Waals surface area contributed by atoms with Crippen LogP contribution in [0.25, 0.3) is 0 Å². The van der Waals surface area contributed by atoms with Crippen LogP contribution in [-0.2, 0) is 0 Å². The molecule has 0 atom stereocenters. The summed E-state index contributed by atoms with van der Waals surface area (Å²) in [5.41, 5.74) is 18.4. The van der Waals surface area contributed by atoms with Gasteiger partial charge in [-0.2, -0.15) is 0 Å². The highest BCUT2D eigenvalue weighted by Gasteiger charge is 2.10. The molecule has 25 heavy (non-hydrogen) atoms. The summed E-state index contributed by atoms with van der Waals surface area (Å²) < 4.78 is 0. The molecule has 0 unspecified atom stereocenters. The molecule has 0 saturated carbocycles. The van der Waals surface area contributed by atoms with Crippen LogP contribution < -0.4 is 38.9 Å². The Labute approximate surface area is 143 Å². The normalized spacial score (nSPS) is 8.00. The highest BCUT2D eigenvalue weighted by Crippen LogP contribution is 1.80. The Hall–Kier alpha value is -3.78. The Balaban J connectivity index is -0.000000293. The summed E-state index contributed by atoms with van der Waals surface area (Å²) in [4.78, 5) is 62.1. The van der Waals surface area contributed by atoms with E-state index in [0.717, 1.165) is 9.80 Å². The molecule has 0 rings (SSSR count). The van der Waals surface area contributed by atoms with Crippen molar-refractivity contribution in [1.29, 1.82) is 0 Å². The average Bonchev–Trinajstić information content (AvgIpc) is 2.51. The van der Waals surface area contributed by atoms with Gasteiger partial charge in [0.1, 0.15) is 0 Å². The highest BCUT2D eigenvalue weighted by molar-refractivity contribution is 5.92. The van der Waals surface area contributed by atoms with E-state index >= 15 is 0 Å². The first-order valence-corrected chi connectivity index (χ1v) is 6.17. The Morgan fingerprint density at radius 3 is 0.920 bits per heavy atom. The van der Waals surface area contributed by atoms with Crippen molar-refractivity contribution in [3.05, 3.63) is 0 Å². The van der Waals surface area contributed by atoms with E-state index in [9.17, 15) is 28.8 Å². The third-order valence-electron chi connectivity index (χ3n) is 1.94. The van der Waals surface area contributed by atoms with Gasteiger partial charge >= 0.3 is 36.2 Å². The fourth-order valence-corrected chi connectivity index (χ4v) is 0.657. The molecule has 0 aliphatic rings. The molecule has 0 aromatic carbocycles. The van der Waals surface area contributed by atoms with Crippen molar-refractivity contribution < 1.29 is 28.8 Å². The van der Waals surface area contributed by atoms with Crippen molar-refractivity contribution in [3.8, 4) is 0 Å². The molecule has 0 radical (unpaired) electrons. The molecule has 0 spiro atoms. The van der Waals surface area contributed by atoms with Gasteiger partial charge in [0.25, 0.3) is 0 Å². The number of nitrogens with zero attached hydrogens (tertiary/aromatic N) is 2. The molecule has 15 nitrogen and oxygen atoms in total. The zero-order valence-electron chi connectivity index (χ0n) is 14.2. The number of rotatable bonds is 0. The fraction of sp³-hybridized carbons (Fsp3) is 0.400. The number of nitrogens with one attached hydrogen (secondary N) is 3. The summed E-state index contributed by atoms with van der Waals surface area (Å²) >= 11 is 0. The molecule has 0 bridgehead atoms.